The Labute approximate surface area is 441 Å². The van der Waals surface area contributed by atoms with E-state index < -0.39 is 10.8 Å². The van der Waals surface area contributed by atoms with Crippen molar-refractivity contribution < 1.29 is 0 Å². The molecule has 2 heterocycles. The highest BCUT2D eigenvalue weighted by Gasteiger charge is 2.53. The van der Waals surface area contributed by atoms with Gasteiger partial charge in [0.25, 0.3) is 0 Å². The van der Waals surface area contributed by atoms with Gasteiger partial charge in [0.2, 0.25) is 0 Å². The lowest BCUT2D eigenvalue weighted by Crippen LogP contribution is -2.25. The molecule has 0 unspecified atom stereocenters. The van der Waals surface area contributed by atoms with Crippen molar-refractivity contribution in [1.82, 2.24) is 9.97 Å². The van der Waals surface area contributed by atoms with Gasteiger partial charge in [0.15, 0.2) is 0 Å². The van der Waals surface area contributed by atoms with Crippen molar-refractivity contribution in [3.63, 3.8) is 0 Å². The molecule has 13 aromatic rings. The molecule has 0 saturated heterocycles. The molecule has 2 nitrogen and oxygen atoms in total. The first kappa shape index (κ1) is 40.8. The van der Waals surface area contributed by atoms with Gasteiger partial charge in [-0.05, 0) is 147 Å². The van der Waals surface area contributed by atoms with Crippen molar-refractivity contribution in [2.75, 3.05) is 0 Å². The lowest BCUT2D eigenvalue weighted by molar-refractivity contribution is 0.794. The molecule has 0 saturated carbocycles. The van der Waals surface area contributed by atoms with Crippen LogP contribution < -0.4 is 0 Å². The fourth-order valence-corrected chi connectivity index (χ4v) is 16.0. The third kappa shape index (κ3) is 5.03. The molecule has 2 aromatic heterocycles. The summed E-state index contributed by atoms with van der Waals surface area (Å²) < 4.78 is 2.06. The van der Waals surface area contributed by atoms with Crippen LogP contribution in [0.4, 0.5) is 0 Å². The summed E-state index contributed by atoms with van der Waals surface area (Å²) in [5, 5.41) is 4.44. The predicted molar refractivity (Wildman–Crippen MR) is 309 cm³/mol. The topological polar surface area (TPSA) is 25.8 Å². The maximum Gasteiger partial charge on any atom is 0.109 e. The van der Waals surface area contributed by atoms with Crippen LogP contribution in [0.5, 0.6) is 0 Å². The van der Waals surface area contributed by atoms with Crippen molar-refractivity contribution in [3.05, 3.63) is 272 Å². The van der Waals surface area contributed by atoms with E-state index in [-0.39, 0.29) is 0 Å². The summed E-state index contributed by atoms with van der Waals surface area (Å²) in [6, 6.07) is 82.0. The number of aromatic nitrogens is 2. The molecule has 0 N–H and O–H groups in total. The Bertz CT molecular complexity index is 4260. The average molecular weight is 1070 g/mol. The highest BCUT2D eigenvalue weighted by molar-refractivity contribution is 9.10. The van der Waals surface area contributed by atoms with Gasteiger partial charge < -0.3 is 0 Å². The van der Waals surface area contributed by atoms with E-state index in [4.69, 9.17) is 9.97 Å². The summed E-state index contributed by atoms with van der Waals surface area (Å²) in [4.78, 5) is 14.0. The van der Waals surface area contributed by atoms with Crippen LogP contribution in [-0.2, 0) is 10.8 Å². The number of thiophene rings is 1. The van der Waals surface area contributed by atoms with Gasteiger partial charge in [-0.1, -0.05) is 214 Å². The number of benzene rings is 11. The van der Waals surface area contributed by atoms with Gasteiger partial charge in [0, 0.05) is 19.7 Å². The second kappa shape index (κ2) is 14.5. The number of fused-ring (bicyclic) bond motifs is 27. The van der Waals surface area contributed by atoms with Gasteiger partial charge in [0.05, 0.1) is 31.6 Å². The van der Waals surface area contributed by atoms with Crippen LogP contribution in [0.3, 0.4) is 0 Å². The average Bonchev–Trinajstić information content (AvgIpc) is 4.22. The summed E-state index contributed by atoms with van der Waals surface area (Å²) in [6.45, 7) is 0. The normalized spacial score (nSPS) is 14.4. The van der Waals surface area contributed by atoms with Gasteiger partial charge in [-0.3, -0.25) is 0 Å². The Morgan fingerprint density at radius 2 is 0.575 bits per heavy atom. The molecule has 73 heavy (non-hydrogen) atoms. The Kier molecular flexibility index (Phi) is 8.07. The molecule has 0 amide bonds. The SMILES string of the molecule is Brc1ccc2c(c1)c1cc(Br)ccc1c1nc3c(-c4ccc5c(c4)C4(c6ccccc6-c6ccccc64)c4ccccc4-5)sc(-c4ccc5c(c4)C4(c6ccccc6-c6ccccc64)c4ccccc4-5)c3nc21. The van der Waals surface area contributed by atoms with E-state index in [1.807, 2.05) is 11.3 Å². The van der Waals surface area contributed by atoms with Crippen LogP contribution in [-0.4, -0.2) is 9.97 Å². The first-order chi connectivity index (χ1) is 36.0. The van der Waals surface area contributed by atoms with Crippen molar-refractivity contribution in [2.45, 2.75) is 10.8 Å². The van der Waals surface area contributed by atoms with E-state index in [2.05, 4.69) is 250 Å². The molecule has 0 aliphatic heterocycles. The largest absolute Gasteiger partial charge is 0.242 e. The summed E-state index contributed by atoms with van der Waals surface area (Å²) in [5.41, 5.74) is 25.9. The van der Waals surface area contributed by atoms with Crippen LogP contribution in [0, 0.1) is 0 Å². The fraction of sp³-hybridized carbons (Fsp3) is 0.0294. The van der Waals surface area contributed by atoms with Gasteiger partial charge >= 0.3 is 0 Å². The maximum atomic E-state index is 5.88. The minimum absolute atomic E-state index is 0.475. The molecule has 2 spiro atoms. The van der Waals surface area contributed by atoms with Crippen molar-refractivity contribution in [3.8, 4) is 65.4 Å². The van der Waals surface area contributed by atoms with Crippen molar-refractivity contribution in [1.29, 1.82) is 0 Å². The van der Waals surface area contributed by atoms with E-state index in [0.717, 1.165) is 73.4 Å². The smallest absolute Gasteiger partial charge is 0.109 e. The molecule has 11 aromatic carbocycles. The summed E-state index contributed by atoms with van der Waals surface area (Å²) >= 11 is 9.46. The molecule has 4 aliphatic carbocycles. The standard InChI is InChI=1S/C68H36Br2N2S/c69-39-27-31-49-51(35-39)52-36-40(70)28-32-50(52)62-61(49)71-63-64(72-62)66(38-26-30-48-46-18-6-12-24-58(46)68(60(48)34-38)55-21-9-3-15-43(55)44-16-4-10-22-56(44)68)73-65(63)37-25-29-47-45-17-5-11-23-57(45)67(59(47)33-37)53-19-7-1-13-41(53)42-14-2-8-20-54(42)67/h1-36H. The second-order valence-electron chi connectivity index (χ2n) is 20.1. The Morgan fingerprint density at radius 3 is 0.904 bits per heavy atom. The zero-order chi connectivity index (χ0) is 47.9. The second-order valence-corrected chi connectivity index (χ2v) is 22.9. The number of rotatable bonds is 2. The fourth-order valence-electron chi connectivity index (χ4n) is 14.1. The highest BCUT2D eigenvalue weighted by Crippen LogP contribution is 2.65. The number of halogens is 2. The Morgan fingerprint density at radius 1 is 0.274 bits per heavy atom. The van der Waals surface area contributed by atoms with E-state index in [9.17, 15) is 0 Å². The van der Waals surface area contributed by atoms with Crippen LogP contribution >= 0.6 is 43.2 Å². The third-order valence-electron chi connectivity index (χ3n) is 16.8. The first-order valence-electron chi connectivity index (χ1n) is 24.8. The van der Waals surface area contributed by atoms with Crippen molar-refractivity contribution >= 4 is 86.8 Å². The molecule has 0 atom stereocenters. The number of hydrogen-bond acceptors (Lipinski definition) is 3. The molecule has 4 aliphatic rings. The molecule has 0 fully saturated rings. The molecule has 17 rings (SSSR count). The van der Waals surface area contributed by atoms with E-state index in [0.29, 0.717) is 0 Å². The van der Waals surface area contributed by atoms with Gasteiger partial charge in [-0.2, -0.15) is 0 Å². The zero-order valence-corrected chi connectivity index (χ0v) is 42.8. The lowest BCUT2D eigenvalue weighted by atomic mass is 9.70. The van der Waals surface area contributed by atoms with Crippen molar-refractivity contribution in [2.24, 2.45) is 0 Å². The number of hydrogen-bond donors (Lipinski definition) is 0. The molecular formula is C68H36Br2N2S. The van der Waals surface area contributed by atoms with E-state index in [1.165, 1.54) is 89.0 Å². The summed E-state index contributed by atoms with van der Waals surface area (Å²) in [5.74, 6) is 0. The van der Waals surface area contributed by atoms with Gasteiger partial charge in [-0.15, -0.1) is 11.3 Å². The predicted octanol–water partition coefficient (Wildman–Crippen LogP) is 18.7. The quantitative estimate of drug-likeness (QED) is 0.161. The van der Waals surface area contributed by atoms with Crippen LogP contribution in [0.15, 0.2) is 227 Å². The zero-order valence-electron chi connectivity index (χ0n) is 38.8. The Balaban J connectivity index is 0.976. The lowest BCUT2D eigenvalue weighted by Gasteiger charge is -2.30. The summed E-state index contributed by atoms with van der Waals surface area (Å²) in [6.07, 6.45) is 0. The highest BCUT2D eigenvalue weighted by atomic mass is 79.9. The first-order valence-corrected chi connectivity index (χ1v) is 27.2. The molecule has 5 heteroatoms. The minimum atomic E-state index is -0.475. The summed E-state index contributed by atoms with van der Waals surface area (Å²) in [7, 11) is 0. The molecule has 338 valence electrons. The minimum Gasteiger partial charge on any atom is -0.242 e. The maximum absolute atomic E-state index is 5.88. The van der Waals surface area contributed by atoms with Crippen LogP contribution in [0.2, 0.25) is 0 Å². The number of nitrogens with zero attached hydrogens (tertiary/aromatic N) is 2. The van der Waals surface area contributed by atoms with Gasteiger partial charge in [-0.25, -0.2) is 9.97 Å². The molecule has 0 bridgehead atoms. The molecular weight excluding hydrogens is 1040 g/mol. The van der Waals surface area contributed by atoms with E-state index in [1.54, 1.807) is 0 Å². The third-order valence-corrected chi connectivity index (χ3v) is 19.1. The Hall–Kier alpha value is -7.80. The van der Waals surface area contributed by atoms with Crippen LogP contribution in [0.1, 0.15) is 44.5 Å². The van der Waals surface area contributed by atoms with Crippen LogP contribution in [0.25, 0.3) is 109 Å². The monoisotopic (exact) mass is 1070 g/mol. The van der Waals surface area contributed by atoms with E-state index >= 15 is 0 Å². The molecule has 0 radical (unpaired) electrons. The van der Waals surface area contributed by atoms with Gasteiger partial charge in [0.1, 0.15) is 11.0 Å².